The Morgan fingerprint density at radius 2 is 2.00 bits per heavy atom. The van der Waals surface area contributed by atoms with Crippen molar-refractivity contribution >= 4 is 10.8 Å². The van der Waals surface area contributed by atoms with Crippen molar-refractivity contribution in [1.29, 1.82) is 0 Å². The number of aliphatic hydroxyl groups excluding tert-OH is 1. The summed E-state index contributed by atoms with van der Waals surface area (Å²) in [7, 11) is 2.03. The van der Waals surface area contributed by atoms with E-state index < -0.39 is 0 Å². The molecule has 4 heteroatoms. The number of aryl methyl sites for hydroxylation is 1. The first-order valence-corrected chi connectivity index (χ1v) is 8.07. The lowest BCUT2D eigenvalue weighted by atomic mass is 9.99. The molecule has 0 fully saturated rings. The molecule has 0 saturated heterocycles. The maximum Gasteiger partial charge on any atom is 0.0949 e. The van der Waals surface area contributed by atoms with E-state index in [1.165, 1.54) is 22.0 Å². The Bertz CT molecular complexity index is 834. The molecule has 4 nitrogen and oxygen atoms in total. The van der Waals surface area contributed by atoms with Crippen LogP contribution in [0.4, 0.5) is 0 Å². The second kappa shape index (κ2) is 5.80. The first-order valence-electron chi connectivity index (χ1n) is 8.07. The van der Waals surface area contributed by atoms with Crippen molar-refractivity contribution in [1.82, 2.24) is 14.5 Å². The SMILES string of the molecule is Cn1cnc2c1C[C@H](CO)N(Cc1cccc3ccccc13)C2. The van der Waals surface area contributed by atoms with Gasteiger partial charge in [0, 0.05) is 38.3 Å². The molecule has 0 unspecified atom stereocenters. The van der Waals surface area contributed by atoms with Crippen LogP contribution in [0.15, 0.2) is 48.8 Å². The standard InChI is InChI=1S/C19H21N3O/c1-21-13-20-18-11-22(16(12-23)9-19(18)21)10-15-7-4-6-14-5-2-3-8-17(14)15/h2-8,13,16,23H,9-12H2,1H3/t16-/m1/s1. The Labute approximate surface area is 136 Å². The molecule has 0 saturated carbocycles. The topological polar surface area (TPSA) is 41.3 Å². The molecule has 1 aliphatic heterocycles. The van der Waals surface area contributed by atoms with Gasteiger partial charge in [-0.2, -0.15) is 0 Å². The minimum Gasteiger partial charge on any atom is -0.395 e. The van der Waals surface area contributed by atoms with Crippen molar-refractivity contribution in [2.24, 2.45) is 7.05 Å². The summed E-state index contributed by atoms with van der Waals surface area (Å²) >= 11 is 0. The molecule has 1 aromatic heterocycles. The van der Waals surface area contributed by atoms with E-state index in [1.54, 1.807) is 0 Å². The second-order valence-corrected chi connectivity index (χ2v) is 6.33. The fourth-order valence-electron chi connectivity index (χ4n) is 3.59. The van der Waals surface area contributed by atoms with E-state index in [9.17, 15) is 5.11 Å². The van der Waals surface area contributed by atoms with Crippen molar-refractivity contribution in [3.8, 4) is 0 Å². The van der Waals surface area contributed by atoms with Gasteiger partial charge in [-0.05, 0) is 16.3 Å². The lowest BCUT2D eigenvalue weighted by Gasteiger charge is -2.34. The summed E-state index contributed by atoms with van der Waals surface area (Å²) in [5, 5.41) is 12.4. The molecule has 1 aliphatic rings. The van der Waals surface area contributed by atoms with Crippen LogP contribution in [0.3, 0.4) is 0 Å². The van der Waals surface area contributed by atoms with Crippen LogP contribution in [0, 0.1) is 0 Å². The fraction of sp³-hybridized carbons (Fsp3) is 0.316. The molecule has 118 valence electrons. The van der Waals surface area contributed by atoms with E-state index in [0.29, 0.717) is 0 Å². The first kappa shape index (κ1) is 14.4. The van der Waals surface area contributed by atoms with E-state index in [0.717, 1.165) is 25.2 Å². The predicted octanol–water partition coefficient (Wildman–Crippen LogP) is 2.49. The Morgan fingerprint density at radius 1 is 1.17 bits per heavy atom. The number of hydrogen-bond acceptors (Lipinski definition) is 3. The van der Waals surface area contributed by atoms with Gasteiger partial charge >= 0.3 is 0 Å². The number of nitrogens with zero attached hydrogens (tertiary/aromatic N) is 3. The van der Waals surface area contributed by atoms with Gasteiger partial charge in [-0.15, -0.1) is 0 Å². The fourth-order valence-corrected chi connectivity index (χ4v) is 3.59. The highest BCUT2D eigenvalue weighted by atomic mass is 16.3. The molecule has 2 heterocycles. The first-order chi connectivity index (χ1) is 11.3. The van der Waals surface area contributed by atoms with Gasteiger partial charge in [0.05, 0.1) is 18.6 Å². The van der Waals surface area contributed by atoms with Crippen LogP contribution in [0.25, 0.3) is 10.8 Å². The minimum atomic E-state index is 0.150. The average molecular weight is 307 g/mol. The molecule has 1 atom stereocenters. The smallest absolute Gasteiger partial charge is 0.0949 e. The molecule has 0 spiro atoms. The maximum absolute atomic E-state index is 9.84. The largest absolute Gasteiger partial charge is 0.395 e. The van der Waals surface area contributed by atoms with Crippen LogP contribution >= 0.6 is 0 Å². The number of aromatic nitrogens is 2. The maximum atomic E-state index is 9.84. The van der Waals surface area contributed by atoms with E-state index >= 15 is 0 Å². The molecule has 0 amide bonds. The molecule has 3 aromatic rings. The average Bonchev–Trinajstić information content (AvgIpc) is 2.95. The lowest BCUT2D eigenvalue weighted by Crippen LogP contribution is -2.42. The predicted molar refractivity (Wildman–Crippen MR) is 91.0 cm³/mol. The van der Waals surface area contributed by atoms with Crippen LogP contribution < -0.4 is 0 Å². The Kier molecular flexibility index (Phi) is 3.63. The number of rotatable bonds is 3. The molecule has 23 heavy (non-hydrogen) atoms. The van der Waals surface area contributed by atoms with Gasteiger partial charge in [0.2, 0.25) is 0 Å². The number of benzene rings is 2. The Hall–Kier alpha value is -2.17. The molecule has 0 radical (unpaired) electrons. The highest BCUT2D eigenvalue weighted by Crippen LogP contribution is 2.26. The summed E-state index contributed by atoms with van der Waals surface area (Å²) in [5.41, 5.74) is 3.69. The summed E-state index contributed by atoms with van der Waals surface area (Å²) in [5.74, 6) is 0. The summed E-state index contributed by atoms with van der Waals surface area (Å²) in [6.07, 6.45) is 2.73. The quantitative estimate of drug-likeness (QED) is 0.808. The molecular formula is C19H21N3O. The summed E-state index contributed by atoms with van der Waals surface area (Å²) in [6.45, 7) is 1.81. The van der Waals surface area contributed by atoms with Crippen LogP contribution in [0.2, 0.25) is 0 Å². The molecule has 4 rings (SSSR count). The van der Waals surface area contributed by atoms with Crippen LogP contribution in [0.1, 0.15) is 17.0 Å². The van der Waals surface area contributed by atoms with Crippen LogP contribution in [0.5, 0.6) is 0 Å². The second-order valence-electron chi connectivity index (χ2n) is 6.33. The van der Waals surface area contributed by atoms with Crippen molar-refractivity contribution < 1.29 is 5.11 Å². The van der Waals surface area contributed by atoms with E-state index in [2.05, 4.69) is 56.9 Å². The molecule has 2 aromatic carbocycles. The third kappa shape index (κ3) is 2.54. The van der Waals surface area contributed by atoms with Gasteiger partial charge in [-0.3, -0.25) is 4.90 Å². The molecular weight excluding hydrogens is 286 g/mol. The van der Waals surface area contributed by atoms with E-state index in [-0.39, 0.29) is 12.6 Å². The van der Waals surface area contributed by atoms with Gasteiger partial charge in [0.25, 0.3) is 0 Å². The summed E-state index contributed by atoms with van der Waals surface area (Å²) in [4.78, 5) is 6.86. The number of fused-ring (bicyclic) bond motifs is 2. The van der Waals surface area contributed by atoms with Gasteiger partial charge in [0.15, 0.2) is 0 Å². The van der Waals surface area contributed by atoms with Crippen LogP contribution in [-0.4, -0.2) is 32.2 Å². The van der Waals surface area contributed by atoms with Crippen molar-refractivity contribution in [2.75, 3.05) is 6.61 Å². The molecule has 1 N–H and O–H groups in total. The summed E-state index contributed by atoms with van der Waals surface area (Å²) < 4.78 is 2.08. The zero-order valence-corrected chi connectivity index (χ0v) is 13.3. The summed E-state index contributed by atoms with van der Waals surface area (Å²) in [6, 6.07) is 15.1. The Morgan fingerprint density at radius 3 is 2.87 bits per heavy atom. The number of hydrogen-bond donors (Lipinski definition) is 1. The normalized spacial score (nSPS) is 18.3. The highest BCUT2D eigenvalue weighted by molar-refractivity contribution is 5.85. The van der Waals surface area contributed by atoms with Crippen LogP contribution in [-0.2, 0) is 26.6 Å². The number of imidazole rings is 1. The Balaban J connectivity index is 1.67. The van der Waals surface area contributed by atoms with Crippen molar-refractivity contribution in [3.63, 3.8) is 0 Å². The van der Waals surface area contributed by atoms with E-state index in [4.69, 9.17) is 0 Å². The molecule has 0 aliphatic carbocycles. The third-order valence-electron chi connectivity index (χ3n) is 4.91. The van der Waals surface area contributed by atoms with Gasteiger partial charge < -0.3 is 9.67 Å². The highest BCUT2D eigenvalue weighted by Gasteiger charge is 2.28. The lowest BCUT2D eigenvalue weighted by molar-refractivity contribution is 0.0971. The van der Waals surface area contributed by atoms with Crippen molar-refractivity contribution in [3.05, 3.63) is 65.7 Å². The van der Waals surface area contributed by atoms with Gasteiger partial charge in [0.1, 0.15) is 0 Å². The van der Waals surface area contributed by atoms with E-state index in [1.807, 2.05) is 13.4 Å². The zero-order chi connectivity index (χ0) is 15.8. The third-order valence-corrected chi connectivity index (χ3v) is 4.91. The molecule has 0 bridgehead atoms. The monoisotopic (exact) mass is 307 g/mol. The minimum absolute atomic E-state index is 0.150. The zero-order valence-electron chi connectivity index (χ0n) is 13.3. The van der Waals surface area contributed by atoms with Gasteiger partial charge in [-0.25, -0.2) is 4.98 Å². The van der Waals surface area contributed by atoms with Crippen molar-refractivity contribution in [2.45, 2.75) is 25.6 Å². The number of aliphatic hydroxyl groups is 1. The van der Waals surface area contributed by atoms with Gasteiger partial charge in [-0.1, -0.05) is 42.5 Å².